The lowest BCUT2D eigenvalue weighted by Gasteiger charge is -2.07. The molecule has 2 aromatic rings. The number of hydrogen-bond acceptors (Lipinski definition) is 4. The van der Waals surface area contributed by atoms with E-state index in [0.29, 0.717) is 12.3 Å². The number of carboxylic acid groups (broad SMARTS) is 1. The topological polar surface area (TPSA) is 62.2 Å². The van der Waals surface area contributed by atoms with Crippen molar-refractivity contribution in [2.75, 3.05) is 5.32 Å². The van der Waals surface area contributed by atoms with Crippen LogP contribution in [-0.2, 0) is 11.2 Å². The van der Waals surface area contributed by atoms with Gasteiger partial charge in [0, 0.05) is 10.6 Å². The number of carbonyl (C=O) groups is 1. The van der Waals surface area contributed by atoms with Crippen LogP contribution in [0.2, 0.25) is 0 Å². The van der Waals surface area contributed by atoms with Gasteiger partial charge in [-0.15, -0.1) is 11.3 Å². The molecule has 1 heterocycles. The molecule has 5 heteroatoms. The second-order valence-corrected chi connectivity index (χ2v) is 6.41. The summed E-state index contributed by atoms with van der Waals surface area (Å²) in [5, 5.41) is 12.8. The van der Waals surface area contributed by atoms with Gasteiger partial charge in [0.05, 0.1) is 12.1 Å². The van der Waals surface area contributed by atoms with Gasteiger partial charge in [0.1, 0.15) is 0 Å². The van der Waals surface area contributed by atoms with Gasteiger partial charge in [-0.3, -0.25) is 4.79 Å². The van der Waals surface area contributed by atoms with E-state index < -0.39 is 5.97 Å². The van der Waals surface area contributed by atoms with E-state index in [2.05, 4.69) is 36.3 Å². The number of hydrogen-bond donors (Lipinski definition) is 2. The van der Waals surface area contributed by atoms with Crippen LogP contribution in [-0.4, -0.2) is 16.1 Å². The lowest BCUT2D eigenvalue weighted by atomic mass is 10.0. The zero-order chi connectivity index (χ0) is 15.4. The molecule has 0 aliphatic rings. The van der Waals surface area contributed by atoms with E-state index in [1.165, 1.54) is 16.9 Å². The predicted molar refractivity (Wildman–Crippen MR) is 86.6 cm³/mol. The molecule has 112 valence electrons. The number of nitrogens with one attached hydrogen (secondary N) is 1. The molecule has 0 aliphatic heterocycles. The third kappa shape index (κ3) is 4.29. The second kappa shape index (κ2) is 6.72. The SMILES string of the molecule is Cc1nc(Nc2ccc(C(C)C)cc2)sc1CCC(=O)O. The van der Waals surface area contributed by atoms with Crippen molar-refractivity contribution >= 4 is 28.1 Å². The average Bonchev–Trinajstić information content (AvgIpc) is 2.77. The molecule has 4 nitrogen and oxygen atoms in total. The van der Waals surface area contributed by atoms with Crippen LogP contribution >= 0.6 is 11.3 Å². The molecule has 1 aromatic carbocycles. The fraction of sp³-hybridized carbons (Fsp3) is 0.375. The molecule has 0 saturated heterocycles. The van der Waals surface area contributed by atoms with E-state index >= 15 is 0 Å². The van der Waals surface area contributed by atoms with Gasteiger partial charge in [-0.2, -0.15) is 0 Å². The number of rotatable bonds is 6. The zero-order valence-electron chi connectivity index (χ0n) is 12.5. The third-order valence-corrected chi connectivity index (χ3v) is 4.42. The highest BCUT2D eigenvalue weighted by Gasteiger charge is 2.09. The molecule has 0 bridgehead atoms. The first kappa shape index (κ1) is 15.5. The van der Waals surface area contributed by atoms with E-state index in [1.54, 1.807) is 0 Å². The molecular weight excluding hydrogens is 284 g/mol. The summed E-state index contributed by atoms with van der Waals surface area (Å²) in [5.41, 5.74) is 3.21. The zero-order valence-corrected chi connectivity index (χ0v) is 13.3. The Hall–Kier alpha value is -1.88. The van der Waals surface area contributed by atoms with Crippen molar-refractivity contribution in [1.29, 1.82) is 0 Å². The summed E-state index contributed by atoms with van der Waals surface area (Å²) in [6, 6.07) is 8.31. The summed E-state index contributed by atoms with van der Waals surface area (Å²) >= 11 is 1.52. The van der Waals surface area contributed by atoms with E-state index in [4.69, 9.17) is 5.11 Å². The number of anilines is 2. The van der Waals surface area contributed by atoms with Gasteiger partial charge in [-0.05, 0) is 37.0 Å². The van der Waals surface area contributed by atoms with Crippen molar-refractivity contribution in [3.8, 4) is 0 Å². The molecule has 0 radical (unpaired) electrons. The quantitative estimate of drug-likeness (QED) is 0.833. The molecule has 0 atom stereocenters. The van der Waals surface area contributed by atoms with Crippen molar-refractivity contribution in [3.05, 3.63) is 40.4 Å². The van der Waals surface area contributed by atoms with Gasteiger partial charge in [0.2, 0.25) is 0 Å². The highest BCUT2D eigenvalue weighted by atomic mass is 32.1. The van der Waals surface area contributed by atoms with Gasteiger partial charge in [0.15, 0.2) is 5.13 Å². The summed E-state index contributed by atoms with van der Waals surface area (Å²) in [4.78, 5) is 16.1. The monoisotopic (exact) mass is 304 g/mol. The molecule has 0 unspecified atom stereocenters. The molecule has 0 spiro atoms. The fourth-order valence-electron chi connectivity index (χ4n) is 2.01. The van der Waals surface area contributed by atoms with Crippen LogP contribution in [0, 0.1) is 6.92 Å². The minimum Gasteiger partial charge on any atom is -0.481 e. The molecular formula is C16H20N2O2S. The smallest absolute Gasteiger partial charge is 0.303 e. The van der Waals surface area contributed by atoms with Gasteiger partial charge < -0.3 is 10.4 Å². The maximum atomic E-state index is 10.6. The average molecular weight is 304 g/mol. The summed E-state index contributed by atoms with van der Waals surface area (Å²) in [5.74, 6) is -0.259. The summed E-state index contributed by atoms with van der Waals surface area (Å²) in [6.45, 7) is 6.25. The standard InChI is InChI=1S/C16H20N2O2S/c1-10(2)12-4-6-13(7-5-12)18-16-17-11(3)14(21-16)8-9-15(19)20/h4-7,10H,8-9H2,1-3H3,(H,17,18)(H,19,20). The Bertz CT molecular complexity index is 618. The third-order valence-electron chi connectivity index (χ3n) is 3.29. The van der Waals surface area contributed by atoms with E-state index in [-0.39, 0.29) is 6.42 Å². The first-order chi connectivity index (χ1) is 9.95. The second-order valence-electron chi connectivity index (χ2n) is 5.32. The summed E-state index contributed by atoms with van der Waals surface area (Å²) in [6.07, 6.45) is 0.679. The number of thiazole rings is 1. The number of aromatic nitrogens is 1. The Labute approximate surface area is 128 Å². The normalized spacial score (nSPS) is 10.9. The minimum absolute atomic E-state index is 0.144. The molecule has 0 amide bonds. The first-order valence-corrected chi connectivity index (χ1v) is 7.82. The maximum absolute atomic E-state index is 10.6. The van der Waals surface area contributed by atoms with Crippen molar-refractivity contribution in [2.45, 2.75) is 39.5 Å². The Morgan fingerprint density at radius 1 is 1.33 bits per heavy atom. The Kier molecular flexibility index (Phi) is 4.96. The van der Waals surface area contributed by atoms with Crippen molar-refractivity contribution in [3.63, 3.8) is 0 Å². The molecule has 2 rings (SSSR count). The minimum atomic E-state index is -0.776. The van der Waals surface area contributed by atoms with Crippen LogP contribution in [0.25, 0.3) is 0 Å². The largest absolute Gasteiger partial charge is 0.481 e. The van der Waals surface area contributed by atoms with Gasteiger partial charge in [-0.25, -0.2) is 4.98 Å². The number of benzene rings is 1. The lowest BCUT2D eigenvalue weighted by molar-refractivity contribution is -0.136. The van der Waals surface area contributed by atoms with E-state index in [1.807, 2.05) is 19.1 Å². The van der Waals surface area contributed by atoms with E-state index in [0.717, 1.165) is 21.4 Å². The van der Waals surface area contributed by atoms with Gasteiger partial charge >= 0.3 is 5.97 Å². The maximum Gasteiger partial charge on any atom is 0.303 e. The van der Waals surface area contributed by atoms with Crippen molar-refractivity contribution < 1.29 is 9.90 Å². The van der Waals surface area contributed by atoms with Crippen LogP contribution in [0.15, 0.2) is 24.3 Å². The predicted octanol–water partition coefficient (Wildman–Crippen LogP) is 4.34. The summed E-state index contributed by atoms with van der Waals surface area (Å²) in [7, 11) is 0. The number of nitrogens with zero attached hydrogens (tertiary/aromatic N) is 1. The molecule has 2 N–H and O–H groups in total. The molecule has 1 aromatic heterocycles. The number of aliphatic carboxylic acids is 1. The van der Waals surface area contributed by atoms with Crippen LogP contribution in [0.5, 0.6) is 0 Å². The van der Waals surface area contributed by atoms with Crippen LogP contribution in [0.4, 0.5) is 10.8 Å². The van der Waals surface area contributed by atoms with Gasteiger partial charge in [0.25, 0.3) is 0 Å². The number of carboxylic acids is 1. The molecule has 0 fully saturated rings. The molecule has 0 aliphatic carbocycles. The van der Waals surface area contributed by atoms with Crippen LogP contribution in [0.1, 0.15) is 42.3 Å². The van der Waals surface area contributed by atoms with E-state index in [9.17, 15) is 4.79 Å². The summed E-state index contributed by atoms with van der Waals surface area (Å²) < 4.78 is 0. The molecule has 0 saturated carbocycles. The van der Waals surface area contributed by atoms with Crippen LogP contribution in [0.3, 0.4) is 0 Å². The highest BCUT2D eigenvalue weighted by Crippen LogP contribution is 2.27. The number of aryl methyl sites for hydroxylation is 2. The Morgan fingerprint density at radius 2 is 2.00 bits per heavy atom. The first-order valence-electron chi connectivity index (χ1n) is 7.01. The fourth-order valence-corrected chi connectivity index (χ4v) is 2.99. The highest BCUT2D eigenvalue weighted by molar-refractivity contribution is 7.15. The van der Waals surface area contributed by atoms with Gasteiger partial charge in [-0.1, -0.05) is 26.0 Å². The lowest BCUT2D eigenvalue weighted by Crippen LogP contribution is -1.96. The van der Waals surface area contributed by atoms with Crippen LogP contribution < -0.4 is 5.32 Å². The van der Waals surface area contributed by atoms with Crippen molar-refractivity contribution in [1.82, 2.24) is 4.98 Å². The Morgan fingerprint density at radius 3 is 2.57 bits per heavy atom. The van der Waals surface area contributed by atoms with Crippen molar-refractivity contribution in [2.24, 2.45) is 0 Å². The Balaban J connectivity index is 2.05. The molecule has 21 heavy (non-hydrogen) atoms.